The van der Waals surface area contributed by atoms with Crippen molar-refractivity contribution in [1.82, 2.24) is 0 Å². The van der Waals surface area contributed by atoms with Gasteiger partial charge in [0.25, 0.3) is 0 Å². The number of para-hydroxylation sites is 2. The lowest BCUT2D eigenvalue weighted by atomic mass is 9.67. The second kappa shape index (κ2) is 4.57. The Labute approximate surface area is 117 Å². The van der Waals surface area contributed by atoms with Crippen LogP contribution in [0.1, 0.15) is 19.3 Å². The fraction of sp³-hybridized carbons (Fsp3) is 0.600. The molecule has 110 valence electrons. The molecular weight excluding hydrogens is 265 g/mol. The van der Waals surface area contributed by atoms with E-state index in [-0.39, 0.29) is 19.4 Å². The monoisotopic (exact) mass is 284 g/mol. The summed E-state index contributed by atoms with van der Waals surface area (Å²) in [5.41, 5.74) is 0.461. The zero-order chi connectivity index (χ0) is 14.4. The third-order valence-electron chi connectivity index (χ3n) is 4.74. The molecule has 0 bridgehead atoms. The number of anilines is 2. The molecule has 0 aromatic heterocycles. The van der Waals surface area contributed by atoms with Gasteiger partial charge in [0.15, 0.2) is 0 Å². The molecule has 1 saturated carbocycles. The summed E-state index contributed by atoms with van der Waals surface area (Å²) in [4.78, 5) is 4.02. The van der Waals surface area contributed by atoms with Crippen LogP contribution in [0.5, 0.6) is 0 Å². The normalized spacial score (nSPS) is 21.4. The van der Waals surface area contributed by atoms with Gasteiger partial charge >= 0.3 is 6.18 Å². The average molecular weight is 284 g/mol. The maximum absolute atomic E-state index is 13.3. The first-order valence-electron chi connectivity index (χ1n) is 7.05. The molecule has 3 rings (SSSR count). The summed E-state index contributed by atoms with van der Waals surface area (Å²) in [7, 11) is 1.99. The lowest BCUT2D eigenvalue weighted by Gasteiger charge is -2.48. The summed E-state index contributed by atoms with van der Waals surface area (Å²) in [6.45, 7) is 1.53. The van der Waals surface area contributed by atoms with Gasteiger partial charge in [0.1, 0.15) is 0 Å². The number of hydrogen-bond acceptors (Lipinski definition) is 2. The van der Waals surface area contributed by atoms with Crippen molar-refractivity contribution in [3.63, 3.8) is 0 Å². The van der Waals surface area contributed by atoms with Crippen LogP contribution in [0.25, 0.3) is 0 Å². The zero-order valence-corrected chi connectivity index (χ0v) is 11.6. The molecule has 20 heavy (non-hydrogen) atoms. The highest BCUT2D eigenvalue weighted by atomic mass is 19.4. The number of alkyl halides is 3. The fourth-order valence-corrected chi connectivity index (χ4v) is 3.23. The summed E-state index contributed by atoms with van der Waals surface area (Å²) < 4.78 is 40.0. The van der Waals surface area contributed by atoms with E-state index >= 15 is 0 Å². The van der Waals surface area contributed by atoms with E-state index in [4.69, 9.17) is 0 Å². The first-order valence-corrected chi connectivity index (χ1v) is 7.05. The van der Waals surface area contributed by atoms with Crippen molar-refractivity contribution in [3.8, 4) is 0 Å². The molecule has 1 aromatic carbocycles. The van der Waals surface area contributed by atoms with Gasteiger partial charge in [0.05, 0.1) is 16.8 Å². The van der Waals surface area contributed by atoms with Crippen LogP contribution in [0.15, 0.2) is 24.3 Å². The number of nitrogens with zero attached hydrogens (tertiary/aromatic N) is 2. The maximum Gasteiger partial charge on any atom is 0.396 e. The Kier molecular flexibility index (Phi) is 3.10. The number of likely N-dealkylation sites (N-methyl/N-ethyl adjacent to an activating group) is 1. The number of rotatable bonds is 2. The molecule has 0 amide bonds. The Hall–Kier alpha value is -1.39. The van der Waals surface area contributed by atoms with Crippen molar-refractivity contribution in [1.29, 1.82) is 0 Å². The van der Waals surface area contributed by atoms with Gasteiger partial charge in [-0.15, -0.1) is 0 Å². The number of fused-ring (bicyclic) bond motifs is 1. The zero-order valence-electron chi connectivity index (χ0n) is 11.6. The van der Waals surface area contributed by atoms with Crippen LogP contribution >= 0.6 is 0 Å². The van der Waals surface area contributed by atoms with Gasteiger partial charge in [0.2, 0.25) is 0 Å². The Morgan fingerprint density at radius 3 is 2.30 bits per heavy atom. The van der Waals surface area contributed by atoms with Crippen LogP contribution in [-0.2, 0) is 0 Å². The predicted octanol–water partition coefficient (Wildman–Crippen LogP) is 3.68. The highest BCUT2D eigenvalue weighted by molar-refractivity contribution is 5.73. The quantitative estimate of drug-likeness (QED) is 0.817. The highest BCUT2D eigenvalue weighted by Crippen LogP contribution is 2.54. The van der Waals surface area contributed by atoms with Crippen molar-refractivity contribution < 1.29 is 13.2 Å². The van der Waals surface area contributed by atoms with E-state index in [9.17, 15) is 13.2 Å². The van der Waals surface area contributed by atoms with E-state index in [1.54, 1.807) is 0 Å². The van der Waals surface area contributed by atoms with Gasteiger partial charge in [-0.3, -0.25) is 0 Å². The smallest absolute Gasteiger partial charge is 0.371 e. The van der Waals surface area contributed by atoms with Crippen molar-refractivity contribution in [2.24, 2.45) is 5.41 Å². The highest BCUT2D eigenvalue weighted by Gasteiger charge is 2.58. The minimum Gasteiger partial charge on any atom is -0.371 e. The van der Waals surface area contributed by atoms with Crippen molar-refractivity contribution in [2.45, 2.75) is 25.4 Å². The third kappa shape index (κ3) is 2.03. The topological polar surface area (TPSA) is 6.48 Å². The Balaban J connectivity index is 1.87. The van der Waals surface area contributed by atoms with Crippen LogP contribution < -0.4 is 9.80 Å². The second-order valence-corrected chi connectivity index (χ2v) is 5.96. The van der Waals surface area contributed by atoms with Crippen LogP contribution in [0.3, 0.4) is 0 Å². The SMILES string of the molecule is CN1CCN(CC2(C(F)(F)F)CCC2)c2ccccc21. The van der Waals surface area contributed by atoms with Gasteiger partial charge in [0, 0.05) is 26.7 Å². The van der Waals surface area contributed by atoms with Crippen molar-refractivity contribution in [2.75, 3.05) is 36.5 Å². The number of hydrogen-bond donors (Lipinski definition) is 0. The van der Waals surface area contributed by atoms with Crippen molar-refractivity contribution >= 4 is 11.4 Å². The van der Waals surface area contributed by atoms with Gasteiger partial charge < -0.3 is 9.80 Å². The van der Waals surface area contributed by atoms with E-state index in [0.29, 0.717) is 13.0 Å². The first-order chi connectivity index (χ1) is 9.43. The molecule has 0 spiro atoms. The summed E-state index contributed by atoms with van der Waals surface area (Å²) in [6.07, 6.45) is -2.87. The standard InChI is InChI=1S/C15H19F3N2/c1-19-9-10-20(13-6-3-2-5-12(13)19)11-14(7-4-8-14)15(16,17)18/h2-3,5-6H,4,7-11H2,1H3. The van der Waals surface area contributed by atoms with E-state index in [2.05, 4.69) is 4.90 Å². The molecular formula is C15H19F3N2. The van der Waals surface area contributed by atoms with Gasteiger partial charge in [-0.05, 0) is 25.0 Å². The van der Waals surface area contributed by atoms with E-state index < -0.39 is 11.6 Å². The second-order valence-electron chi connectivity index (χ2n) is 5.96. The van der Waals surface area contributed by atoms with Gasteiger partial charge in [-0.2, -0.15) is 13.2 Å². The fourth-order valence-electron chi connectivity index (χ4n) is 3.23. The molecule has 1 heterocycles. The van der Waals surface area contributed by atoms with E-state index in [0.717, 1.165) is 17.9 Å². The number of halogens is 3. The van der Waals surface area contributed by atoms with Gasteiger partial charge in [-0.25, -0.2) is 0 Å². The van der Waals surface area contributed by atoms with Crippen molar-refractivity contribution in [3.05, 3.63) is 24.3 Å². The summed E-state index contributed by atoms with van der Waals surface area (Å²) in [6, 6.07) is 7.73. The summed E-state index contributed by atoms with van der Waals surface area (Å²) >= 11 is 0. The summed E-state index contributed by atoms with van der Waals surface area (Å²) in [5, 5.41) is 0. The van der Waals surface area contributed by atoms with Gasteiger partial charge in [-0.1, -0.05) is 18.6 Å². The average Bonchev–Trinajstić information content (AvgIpc) is 2.35. The maximum atomic E-state index is 13.3. The molecule has 5 heteroatoms. The Morgan fingerprint density at radius 2 is 1.75 bits per heavy atom. The molecule has 2 nitrogen and oxygen atoms in total. The minimum atomic E-state index is -4.09. The molecule has 1 aromatic rings. The lowest BCUT2D eigenvalue weighted by molar-refractivity contribution is -0.246. The molecule has 0 radical (unpaired) electrons. The largest absolute Gasteiger partial charge is 0.396 e. The lowest BCUT2D eigenvalue weighted by Crippen LogP contribution is -2.54. The first kappa shape index (κ1) is 13.6. The molecule has 2 aliphatic rings. The number of benzene rings is 1. The van der Waals surface area contributed by atoms with Crippen LogP contribution in [-0.4, -0.2) is 32.9 Å². The van der Waals surface area contributed by atoms with Crippen LogP contribution in [0, 0.1) is 5.41 Å². The predicted molar refractivity (Wildman–Crippen MR) is 74.3 cm³/mol. The van der Waals surface area contributed by atoms with E-state index in [1.165, 1.54) is 0 Å². The van der Waals surface area contributed by atoms with Crippen LogP contribution in [0.4, 0.5) is 24.5 Å². The Bertz CT molecular complexity index is 494. The molecule has 1 aliphatic heterocycles. The minimum absolute atomic E-state index is 0.0986. The molecule has 0 atom stereocenters. The molecule has 0 N–H and O–H groups in total. The third-order valence-corrected chi connectivity index (χ3v) is 4.74. The molecule has 1 fully saturated rings. The molecule has 0 saturated heterocycles. The molecule has 1 aliphatic carbocycles. The Morgan fingerprint density at radius 1 is 1.10 bits per heavy atom. The van der Waals surface area contributed by atoms with Crippen LogP contribution in [0.2, 0.25) is 0 Å². The van der Waals surface area contributed by atoms with E-state index in [1.807, 2.05) is 36.2 Å². The molecule has 0 unspecified atom stereocenters. The summed E-state index contributed by atoms with van der Waals surface area (Å²) in [5.74, 6) is 0.